The zero-order valence-corrected chi connectivity index (χ0v) is 9.80. The number of carbonyl (C=O) groups is 1. The van der Waals surface area contributed by atoms with Gasteiger partial charge < -0.3 is 11.1 Å². The van der Waals surface area contributed by atoms with Crippen LogP contribution >= 0.6 is 11.8 Å². The van der Waals surface area contributed by atoms with Gasteiger partial charge in [0.15, 0.2) is 0 Å². The monoisotopic (exact) mass is 224 g/mol. The summed E-state index contributed by atoms with van der Waals surface area (Å²) in [6.45, 7) is 2.42. The van der Waals surface area contributed by atoms with E-state index in [9.17, 15) is 4.79 Å². The molecule has 1 aromatic carbocycles. The topological polar surface area (TPSA) is 55.1 Å². The van der Waals surface area contributed by atoms with Gasteiger partial charge in [0, 0.05) is 18.5 Å². The number of nitrogens with two attached hydrogens (primary N) is 1. The molecule has 3 nitrogen and oxygen atoms in total. The number of thioether (sulfide) groups is 1. The molecule has 0 aromatic heterocycles. The summed E-state index contributed by atoms with van der Waals surface area (Å²) in [5.41, 5.74) is 6.63. The molecule has 82 valence electrons. The van der Waals surface area contributed by atoms with Crippen molar-refractivity contribution in [3.63, 3.8) is 0 Å². The largest absolute Gasteiger partial charge is 0.358 e. The summed E-state index contributed by atoms with van der Waals surface area (Å²) in [4.78, 5) is 12.4. The summed E-state index contributed by atoms with van der Waals surface area (Å²) in [5, 5.41) is 2.55. The van der Waals surface area contributed by atoms with E-state index in [2.05, 4.69) is 5.32 Å². The van der Waals surface area contributed by atoms with E-state index in [0.29, 0.717) is 6.54 Å². The summed E-state index contributed by atoms with van der Waals surface area (Å²) in [6.07, 6.45) is 0. The first-order chi connectivity index (χ1) is 7.17. The summed E-state index contributed by atoms with van der Waals surface area (Å²) in [7, 11) is 1.65. The number of hydrogen-bond acceptors (Lipinski definition) is 3. The SMILES string of the molecule is CNC(=O)C(C)Sc1cccc(CN)c1. The van der Waals surface area contributed by atoms with E-state index >= 15 is 0 Å². The van der Waals surface area contributed by atoms with Crippen LogP contribution in [0.5, 0.6) is 0 Å². The van der Waals surface area contributed by atoms with E-state index in [1.807, 2.05) is 31.2 Å². The Kier molecular flexibility index (Phi) is 4.65. The molecule has 0 radical (unpaired) electrons. The molecular formula is C11H16N2OS. The molecule has 4 heteroatoms. The second-order valence-corrected chi connectivity index (χ2v) is 4.64. The molecule has 0 saturated heterocycles. The maximum atomic E-state index is 11.3. The van der Waals surface area contributed by atoms with E-state index in [1.54, 1.807) is 7.05 Å². The van der Waals surface area contributed by atoms with Crippen LogP contribution in [0.3, 0.4) is 0 Å². The van der Waals surface area contributed by atoms with Crippen LogP contribution in [0, 0.1) is 0 Å². The van der Waals surface area contributed by atoms with Crippen molar-refractivity contribution in [3.8, 4) is 0 Å². The number of hydrogen-bond donors (Lipinski definition) is 2. The van der Waals surface area contributed by atoms with Crippen LogP contribution in [0.4, 0.5) is 0 Å². The van der Waals surface area contributed by atoms with Crippen LogP contribution in [0.15, 0.2) is 29.2 Å². The van der Waals surface area contributed by atoms with Crippen LogP contribution in [0.2, 0.25) is 0 Å². The Morgan fingerprint density at radius 3 is 2.93 bits per heavy atom. The molecule has 1 atom stereocenters. The highest BCUT2D eigenvalue weighted by atomic mass is 32.2. The van der Waals surface area contributed by atoms with Gasteiger partial charge >= 0.3 is 0 Å². The van der Waals surface area contributed by atoms with E-state index in [4.69, 9.17) is 5.73 Å². The van der Waals surface area contributed by atoms with E-state index in [-0.39, 0.29) is 11.2 Å². The Bertz CT molecular complexity index is 341. The molecule has 15 heavy (non-hydrogen) atoms. The Morgan fingerprint density at radius 1 is 1.60 bits per heavy atom. The number of benzene rings is 1. The smallest absolute Gasteiger partial charge is 0.232 e. The first kappa shape index (κ1) is 12.1. The molecule has 0 saturated carbocycles. The second-order valence-electron chi connectivity index (χ2n) is 3.23. The van der Waals surface area contributed by atoms with Gasteiger partial charge in [0.2, 0.25) is 5.91 Å². The molecule has 0 aliphatic carbocycles. The van der Waals surface area contributed by atoms with E-state index in [1.165, 1.54) is 11.8 Å². The summed E-state index contributed by atoms with van der Waals surface area (Å²) >= 11 is 1.54. The average Bonchev–Trinajstić information content (AvgIpc) is 2.28. The first-order valence-corrected chi connectivity index (χ1v) is 5.72. The van der Waals surface area contributed by atoms with Crippen molar-refractivity contribution in [3.05, 3.63) is 29.8 Å². The van der Waals surface area contributed by atoms with Gasteiger partial charge in [-0.25, -0.2) is 0 Å². The van der Waals surface area contributed by atoms with Crippen LogP contribution in [-0.2, 0) is 11.3 Å². The van der Waals surface area contributed by atoms with E-state index in [0.717, 1.165) is 10.5 Å². The molecule has 0 aliphatic rings. The molecular weight excluding hydrogens is 208 g/mol. The number of nitrogens with one attached hydrogen (secondary N) is 1. The highest BCUT2D eigenvalue weighted by molar-refractivity contribution is 8.00. The molecule has 1 rings (SSSR count). The molecule has 0 aliphatic heterocycles. The lowest BCUT2D eigenvalue weighted by molar-refractivity contribution is -0.119. The lowest BCUT2D eigenvalue weighted by Crippen LogP contribution is -2.27. The second kappa shape index (κ2) is 5.78. The fraction of sp³-hybridized carbons (Fsp3) is 0.364. The van der Waals surface area contributed by atoms with Gasteiger partial charge in [-0.05, 0) is 24.6 Å². The zero-order valence-electron chi connectivity index (χ0n) is 8.99. The third-order valence-corrected chi connectivity index (χ3v) is 3.16. The van der Waals surface area contributed by atoms with Crippen molar-refractivity contribution in [2.75, 3.05) is 7.05 Å². The Hall–Kier alpha value is -1.00. The molecule has 0 fully saturated rings. The van der Waals surface area contributed by atoms with Crippen molar-refractivity contribution < 1.29 is 4.79 Å². The van der Waals surface area contributed by atoms with Gasteiger partial charge in [0.25, 0.3) is 0 Å². The molecule has 0 spiro atoms. The van der Waals surface area contributed by atoms with Crippen LogP contribution in [0.1, 0.15) is 12.5 Å². The highest BCUT2D eigenvalue weighted by Gasteiger charge is 2.12. The predicted octanol–water partition coefficient (Wildman–Crippen LogP) is 1.37. The molecule has 0 bridgehead atoms. The number of rotatable bonds is 4. The van der Waals surface area contributed by atoms with Crippen molar-refractivity contribution in [2.24, 2.45) is 5.73 Å². The molecule has 1 unspecified atom stereocenters. The fourth-order valence-electron chi connectivity index (χ4n) is 1.21. The van der Waals surface area contributed by atoms with Gasteiger partial charge in [0.1, 0.15) is 0 Å². The number of carbonyl (C=O) groups excluding carboxylic acids is 1. The quantitative estimate of drug-likeness (QED) is 0.760. The Balaban J connectivity index is 2.67. The van der Waals surface area contributed by atoms with Crippen LogP contribution in [0.25, 0.3) is 0 Å². The highest BCUT2D eigenvalue weighted by Crippen LogP contribution is 2.23. The van der Waals surface area contributed by atoms with E-state index < -0.39 is 0 Å². The molecule has 1 aromatic rings. The molecule has 0 heterocycles. The lowest BCUT2D eigenvalue weighted by Gasteiger charge is -2.10. The maximum absolute atomic E-state index is 11.3. The van der Waals surface area contributed by atoms with Crippen molar-refractivity contribution >= 4 is 17.7 Å². The predicted molar refractivity (Wildman–Crippen MR) is 63.7 cm³/mol. The first-order valence-electron chi connectivity index (χ1n) is 4.84. The lowest BCUT2D eigenvalue weighted by atomic mass is 10.2. The van der Waals surface area contributed by atoms with Gasteiger partial charge in [-0.3, -0.25) is 4.79 Å². The van der Waals surface area contributed by atoms with Gasteiger partial charge in [-0.15, -0.1) is 11.8 Å². The van der Waals surface area contributed by atoms with Crippen LogP contribution in [-0.4, -0.2) is 18.2 Å². The minimum Gasteiger partial charge on any atom is -0.358 e. The van der Waals surface area contributed by atoms with Crippen LogP contribution < -0.4 is 11.1 Å². The third-order valence-electron chi connectivity index (χ3n) is 2.06. The summed E-state index contributed by atoms with van der Waals surface area (Å²) < 4.78 is 0. The number of amides is 1. The third kappa shape index (κ3) is 3.57. The maximum Gasteiger partial charge on any atom is 0.232 e. The molecule has 1 amide bonds. The average molecular weight is 224 g/mol. The minimum atomic E-state index is -0.0805. The molecule has 3 N–H and O–H groups in total. The standard InChI is InChI=1S/C11H16N2OS/c1-8(11(14)13-2)15-10-5-3-4-9(6-10)7-12/h3-6,8H,7,12H2,1-2H3,(H,13,14). The summed E-state index contributed by atoms with van der Waals surface area (Å²) in [5.74, 6) is 0.0400. The van der Waals surface area contributed by atoms with Gasteiger partial charge in [-0.1, -0.05) is 12.1 Å². The van der Waals surface area contributed by atoms with Gasteiger partial charge in [0.05, 0.1) is 5.25 Å². The normalized spacial score (nSPS) is 12.2. The minimum absolute atomic E-state index is 0.0400. The summed E-state index contributed by atoms with van der Waals surface area (Å²) in [6, 6.07) is 7.95. The van der Waals surface area contributed by atoms with Crippen molar-refractivity contribution in [1.29, 1.82) is 0 Å². The zero-order chi connectivity index (χ0) is 11.3. The van der Waals surface area contributed by atoms with Gasteiger partial charge in [-0.2, -0.15) is 0 Å². The fourth-order valence-corrected chi connectivity index (χ4v) is 2.22. The Labute approximate surface area is 94.4 Å². The van der Waals surface area contributed by atoms with Crippen molar-refractivity contribution in [2.45, 2.75) is 23.6 Å². The Morgan fingerprint density at radius 2 is 2.33 bits per heavy atom. The van der Waals surface area contributed by atoms with Crippen molar-refractivity contribution in [1.82, 2.24) is 5.32 Å².